The molecular weight excluding hydrogens is 364 g/mol. The summed E-state index contributed by atoms with van der Waals surface area (Å²) in [6.07, 6.45) is 0. The van der Waals surface area contributed by atoms with Crippen molar-refractivity contribution in [2.75, 3.05) is 27.2 Å². The monoisotopic (exact) mass is 390 g/mol. The van der Waals surface area contributed by atoms with Crippen LogP contribution in [0.15, 0.2) is 45.6 Å². The number of benzene rings is 2. The number of fused-ring (bicyclic) bond motifs is 2. The SMILES string of the molecule is Cc1ccc([C@H]2c3c(oc4cc(C)c(C)cc4c3=O)C(=O)N2CCN(C)C)cc1. The van der Waals surface area contributed by atoms with E-state index in [9.17, 15) is 9.59 Å². The minimum absolute atomic E-state index is 0.115. The van der Waals surface area contributed by atoms with Crippen LogP contribution in [0.1, 0.15) is 44.4 Å². The highest BCUT2D eigenvalue weighted by Gasteiger charge is 2.42. The molecule has 0 saturated carbocycles. The molecule has 1 aromatic heterocycles. The van der Waals surface area contributed by atoms with Gasteiger partial charge >= 0.3 is 0 Å². The molecule has 0 saturated heterocycles. The van der Waals surface area contributed by atoms with Crippen molar-refractivity contribution in [3.05, 3.63) is 80.2 Å². The molecule has 1 aliphatic heterocycles. The largest absolute Gasteiger partial charge is 0.450 e. The number of amides is 1. The van der Waals surface area contributed by atoms with Gasteiger partial charge in [-0.2, -0.15) is 0 Å². The van der Waals surface area contributed by atoms with Gasteiger partial charge in [0.1, 0.15) is 5.58 Å². The number of rotatable bonds is 4. The summed E-state index contributed by atoms with van der Waals surface area (Å²) < 4.78 is 6.04. The Labute approximate surface area is 170 Å². The minimum Gasteiger partial charge on any atom is -0.450 e. The third-order valence-electron chi connectivity index (χ3n) is 5.76. The Kier molecular flexibility index (Phi) is 4.79. The molecule has 0 fully saturated rings. The van der Waals surface area contributed by atoms with Crippen molar-refractivity contribution < 1.29 is 9.21 Å². The van der Waals surface area contributed by atoms with E-state index in [1.807, 2.05) is 76.2 Å². The van der Waals surface area contributed by atoms with E-state index in [2.05, 4.69) is 0 Å². The molecule has 3 aromatic rings. The third kappa shape index (κ3) is 3.25. The molecular formula is C24H26N2O3. The van der Waals surface area contributed by atoms with Crippen LogP contribution in [0, 0.1) is 20.8 Å². The van der Waals surface area contributed by atoms with E-state index in [-0.39, 0.29) is 17.1 Å². The van der Waals surface area contributed by atoms with E-state index in [1.165, 1.54) is 0 Å². The zero-order chi connectivity index (χ0) is 20.9. The zero-order valence-corrected chi connectivity index (χ0v) is 17.6. The summed E-state index contributed by atoms with van der Waals surface area (Å²) in [5.74, 6) is -0.0419. The first-order chi connectivity index (χ1) is 13.8. The first kappa shape index (κ1) is 19.4. The van der Waals surface area contributed by atoms with Gasteiger partial charge in [0.05, 0.1) is 17.0 Å². The van der Waals surface area contributed by atoms with E-state index in [0.29, 0.717) is 29.6 Å². The summed E-state index contributed by atoms with van der Waals surface area (Å²) >= 11 is 0. The molecule has 0 bridgehead atoms. The standard InChI is InChI=1S/C24H26N2O3/c1-14-6-8-17(9-7-14)21-20-22(27)18-12-15(2)16(3)13-19(18)29-23(20)24(28)26(21)11-10-25(4)5/h6-9,12-13,21H,10-11H2,1-5H3/t21-/m0/s1. The predicted molar refractivity (Wildman–Crippen MR) is 115 cm³/mol. The van der Waals surface area contributed by atoms with Crippen molar-refractivity contribution in [2.45, 2.75) is 26.8 Å². The Balaban J connectivity index is 1.96. The molecule has 0 N–H and O–H groups in total. The molecule has 1 atom stereocenters. The molecule has 0 aliphatic carbocycles. The topological polar surface area (TPSA) is 53.8 Å². The van der Waals surface area contributed by atoms with Crippen molar-refractivity contribution >= 4 is 16.9 Å². The molecule has 0 spiro atoms. The van der Waals surface area contributed by atoms with Gasteiger partial charge in [0.15, 0.2) is 5.43 Å². The van der Waals surface area contributed by atoms with Gasteiger partial charge < -0.3 is 14.2 Å². The average molecular weight is 390 g/mol. The van der Waals surface area contributed by atoms with Crippen LogP contribution < -0.4 is 5.43 Å². The van der Waals surface area contributed by atoms with Gasteiger partial charge in [-0.1, -0.05) is 29.8 Å². The average Bonchev–Trinajstić information content (AvgIpc) is 2.95. The Bertz CT molecular complexity index is 1160. The summed E-state index contributed by atoms with van der Waals surface area (Å²) in [6, 6.07) is 11.3. The van der Waals surface area contributed by atoms with Gasteiger partial charge in [0.2, 0.25) is 5.76 Å². The summed E-state index contributed by atoms with van der Waals surface area (Å²) in [4.78, 5) is 30.6. The smallest absolute Gasteiger partial charge is 0.290 e. The Morgan fingerprint density at radius 2 is 1.66 bits per heavy atom. The summed E-state index contributed by atoms with van der Waals surface area (Å²) in [5, 5.41) is 0.534. The molecule has 2 aromatic carbocycles. The number of carbonyl (C=O) groups excluding carboxylic acids is 1. The van der Waals surface area contributed by atoms with Crippen LogP contribution in [-0.4, -0.2) is 42.9 Å². The summed E-state index contributed by atoms with van der Waals surface area (Å²) in [7, 11) is 3.94. The normalized spacial score (nSPS) is 16.1. The molecule has 2 heterocycles. The Hall–Kier alpha value is -2.92. The van der Waals surface area contributed by atoms with Crippen LogP contribution in [0.3, 0.4) is 0 Å². The zero-order valence-electron chi connectivity index (χ0n) is 17.6. The maximum absolute atomic E-state index is 13.5. The van der Waals surface area contributed by atoms with Crippen molar-refractivity contribution in [3.8, 4) is 0 Å². The molecule has 5 heteroatoms. The van der Waals surface area contributed by atoms with Crippen LogP contribution in [-0.2, 0) is 0 Å². The Morgan fingerprint density at radius 3 is 2.31 bits per heavy atom. The highest BCUT2D eigenvalue weighted by Crippen LogP contribution is 2.38. The maximum atomic E-state index is 13.5. The lowest BCUT2D eigenvalue weighted by Gasteiger charge is -2.26. The molecule has 29 heavy (non-hydrogen) atoms. The fraction of sp³-hybridized carbons (Fsp3) is 0.333. The first-order valence-electron chi connectivity index (χ1n) is 9.88. The fourth-order valence-corrected chi connectivity index (χ4v) is 3.91. The van der Waals surface area contributed by atoms with Gasteiger partial charge in [0, 0.05) is 13.1 Å². The fourth-order valence-electron chi connectivity index (χ4n) is 3.91. The van der Waals surface area contributed by atoms with Crippen LogP contribution in [0.2, 0.25) is 0 Å². The summed E-state index contributed by atoms with van der Waals surface area (Å²) in [5.41, 5.74) is 4.94. The van der Waals surface area contributed by atoms with Gasteiger partial charge in [-0.3, -0.25) is 9.59 Å². The second-order valence-corrected chi connectivity index (χ2v) is 8.22. The summed E-state index contributed by atoms with van der Waals surface area (Å²) in [6.45, 7) is 7.19. The molecule has 5 nitrogen and oxygen atoms in total. The second kappa shape index (κ2) is 7.16. The van der Waals surface area contributed by atoms with Crippen molar-refractivity contribution in [3.63, 3.8) is 0 Å². The van der Waals surface area contributed by atoms with E-state index < -0.39 is 6.04 Å². The second-order valence-electron chi connectivity index (χ2n) is 8.22. The van der Waals surface area contributed by atoms with Gasteiger partial charge in [0.25, 0.3) is 5.91 Å². The van der Waals surface area contributed by atoms with Crippen LogP contribution in [0.5, 0.6) is 0 Å². The van der Waals surface area contributed by atoms with E-state index in [1.54, 1.807) is 4.90 Å². The molecule has 1 aliphatic rings. The third-order valence-corrected chi connectivity index (χ3v) is 5.76. The molecule has 0 radical (unpaired) electrons. The first-order valence-corrected chi connectivity index (χ1v) is 9.88. The molecule has 0 unspecified atom stereocenters. The number of hydrogen-bond donors (Lipinski definition) is 0. The van der Waals surface area contributed by atoms with Crippen molar-refractivity contribution in [2.24, 2.45) is 0 Å². The van der Waals surface area contributed by atoms with E-state index in [0.717, 1.165) is 22.3 Å². The number of carbonyl (C=O) groups is 1. The quantitative estimate of drug-likeness (QED) is 0.680. The number of nitrogens with zero attached hydrogens (tertiary/aromatic N) is 2. The maximum Gasteiger partial charge on any atom is 0.290 e. The van der Waals surface area contributed by atoms with Gasteiger partial charge in [-0.15, -0.1) is 0 Å². The number of aryl methyl sites for hydroxylation is 3. The van der Waals surface area contributed by atoms with Gasteiger partial charge in [-0.25, -0.2) is 0 Å². The molecule has 1 amide bonds. The molecule has 150 valence electrons. The molecule has 4 rings (SSSR count). The Morgan fingerprint density at radius 1 is 1.00 bits per heavy atom. The lowest BCUT2D eigenvalue weighted by atomic mass is 9.97. The van der Waals surface area contributed by atoms with Crippen LogP contribution in [0.4, 0.5) is 0 Å². The van der Waals surface area contributed by atoms with E-state index >= 15 is 0 Å². The lowest BCUT2D eigenvalue weighted by molar-refractivity contribution is 0.0716. The number of likely N-dealkylation sites (N-methyl/N-ethyl adjacent to an activating group) is 1. The van der Waals surface area contributed by atoms with Crippen LogP contribution in [0.25, 0.3) is 11.0 Å². The van der Waals surface area contributed by atoms with Gasteiger partial charge in [-0.05, 0) is 63.7 Å². The number of hydrogen-bond acceptors (Lipinski definition) is 4. The lowest BCUT2D eigenvalue weighted by Crippen LogP contribution is -2.35. The van der Waals surface area contributed by atoms with Crippen LogP contribution >= 0.6 is 0 Å². The van der Waals surface area contributed by atoms with Crippen molar-refractivity contribution in [1.82, 2.24) is 9.80 Å². The van der Waals surface area contributed by atoms with Crippen molar-refractivity contribution in [1.29, 1.82) is 0 Å². The van der Waals surface area contributed by atoms with E-state index in [4.69, 9.17) is 4.42 Å². The minimum atomic E-state index is -0.430. The highest BCUT2D eigenvalue weighted by atomic mass is 16.3. The highest BCUT2D eigenvalue weighted by molar-refractivity contribution is 5.99. The predicted octanol–water partition coefficient (Wildman–Crippen LogP) is 3.83.